The number of hydrogen-bond donors (Lipinski definition) is 2. The molecule has 29 heavy (non-hydrogen) atoms. The molecule has 4 rings (SSSR count). The fourth-order valence-corrected chi connectivity index (χ4v) is 5.12. The Labute approximate surface area is 168 Å². The molecule has 0 saturated carbocycles. The molecule has 2 aliphatic rings. The molecule has 0 aromatic carbocycles. The maximum absolute atomic E-state index is 13.3. The van der Waals surface area contributed by atoms with Crippen molar-refractivity contribution in [2.24, 2.45) is 5.73 Å². The van der Waals surface area contributed by atoms with Gasteiger partial charge in [-0.25, -0.2) is 0 Å². The summed E-state index contributed by atoms with van der Waals surface area (Å²) < 4.78 is 46.4. The maximum Gasteiger partial charge on any atom is 0.435 e. The fraction of sp³-hybridized carbons (Fsp3) is 0.500. The molecule has 7 nitrogen and oxygen atoms in total. The van der Waals surface area contributed by atoms with Crippen LogP contribution < -0.4 is 11.1 Å². The predicted molar refractivity (Wildman–Crippen MR) is 98.7 cm³/mol. The molecule has 11 heteroatoms. The Kier molecular flexibility index (Phi) is 5.11. The van der Waals surface area contributed by atoms with Gasteiger partial charge in [0.1, 0.15) is 11.5 Å². The first-order chi connectivity index (χ1) is 13.8. The molecule has 3 N–H and O–H groups in total. The Balaban J connectivity index is 1.59. The van der Waals surface area contributed by atoms with Gasteiger partial charge in [0.05, 0.1) is 18.8 Å². The van der Waals surface area contributed by atoms with Gasteiger partial charge in [0.2, 0.25) is 5.91 Å². The number of halogens is 3. The Morgan fingerprint density at radius 3 is 2.69 bits per heavy atom. The van der Waals surface area contributed by atoms with Crippen molar-refractivity contribution in [1.29, 1.82) is 0 Å². The highest BCUT2D eigenvalue weighted by Crippen LogP contribution is 2.37. The second-order valence-corrected chi connectivity index (χ2v) is 8.16. The van der Waals surface area contributed by atoms with Crippen LogP contribution in [0.1, 0.15) is 50.6 Å². The summed E-state index contributed by atoms with van der Waals surface area (Å²) in [6.07, 6.45) is -1.88. The number of carbonyl (C=O) groups excluding carboxylic acids is 2. The molecule has 1 aliphatic heterocycles. The number of amides is 2. The first-order valence-electron chi connectivity index (χ1n) is 9.23. The first-order valence-corrected chi connectivity index (χ1v) is 10.0. The van der Waals surface area contributed by atoms with Gasteiger partial charge in [-0.1, -0.05) is 0 Å². The monoisotopic (exact) mass is 428 g/mol. The van der Waals surface area contributed by atoms with Gasteiger partial charge in [-0.3, -0.25) is 14.3 Å². The van der Waals surface area contributed by atoms with Crippen molar-refractivity contribution in [1.82, 2.24) is 9.78 Å². The third-order valence-corrected chi connectivity index (χ3v) is 6.26. The third kappa shape index (κ3) is 3.76. The maximum atomic E-state index is 13.3. The van der Waals surface area contributed by atoms with Gasteiger partial charge in [0.15, 0.2) is 5.69 Å². The number of fused-ring (bicyclic) bond motifs is 2. The van der Waals surface area contributed by atoms with Crippen LogP contribution in [-0.4, -0.2) is 28.2 Å². The van der Waals surface area contributed by atoms with E-state index in [1.54, 1.807) is 0 Å². The van der Waals surface area contributed by atoms with E-state index in [1.165, 1.54) is 11.3 Å². The summed E-state index contributed by atoms with van der Waals surface area (Å²) in [6, 6.07) is 0. The standard InChI is InChI=1S/C18H19F3N4O3S/c19-18(20,21)15-9-3-1-2-4-11(9)25(24-15)7-13(26)23-17-14(16(22)27)10-5-6-28-8-12(10)29-17/h1-8H2,(H2,22,27)(H,23,26). The minimum atomic E-state index is -4.56. The summed E-state index contributed by atoms with van der Waals surface area (Å²) in [5.41, 5.74) is 6.22. The number of primary amides is 1. The van der Waals surface area contributed by atoms with Crippen LogP contribution in [0.15, 0.2) is 0 Å². The highest BCUT2D eigenvalue weighted by atomic mass is 32.1. The van der Waals surface area contributed by atoms with E-state index in [4.69, 9.17) is 10.5 Å². The van der Waals surface area contributed by atoms with Crippen LogP contribution in [0.3, 0.4) is 0 Å². The molecule has 2 aromatic rings. The summed E-state index contributed by atoms with van der Waals surface area (Å²) in [5, 5.41) is 6.62. The molecular formula is C18H19F3N4O3S. The van der Waals surface area contributed by atoms with Crippen LogP contribution in [-0.2, 0) is 48.1 Å². The number of alkyl halides is 3. The zero-order chi connectivity index (χ0) is 20.8. The zero-order valence-electron chi connectivity index (χ0n) is 15.4. The van der Waals surface area contributed by atoms with Gasteiger partial charge in [0.25, 0.3) is 5.91 Å². The predicted octanol–water partition coefficient (Wildman–Crippen LogP) is 2.65. The number of nitrogens with zero attached hydrogens (tertiary/aromatic N) is 2. The van der Waals surface area contributed by atoms with Crippen molar-refractivity contribution in [2.75, 3.05) is 11.9 Å². The number of carbonyl (C=O) groups is 2. The molecule has 0 bridgehead atoms. The lowest BCUT2D eigenvalue weighted by molar-refractivity contribution is -0.142. The molecule has 3 heterocycles. The van der Waals surface area contributed by atoms with Gasteiger partial charge in [-0.15, -0.1) is 11.3 Å². The second-order valence-electron chi connectivity index (χ2n) is 7.06. The molecule has 1 aliphatic carbocycles. The van der Waals surface area contributed by atoms with Gasteiger partial charge in [0, 0.05) is 16.1 Å². The Hall–Kier alpha value is -2.40. The van der Waals surface area contributed by atoms with Crippen LogP contribution in [0.5, 0.6) is 0 Å². The molecule has 0 saturated heterocycles. The fourth-order valence-electron chi connectivity index (χ4n) is 3.91. The highest BCUT2D eigenvalue weighted by Gasteiger charge is 2.39. The highest BCUT2D eigenvalue weighted by molar-refractivity contribution is 7.17. The number of hydrogen-bond acceptors (Lipinski definition) is 5. The van der Waals surface area contributed by atoms with E-state index in [0.717, 1.165) is 21.5 Å². The van der Waals surface area contributed by atoms with Crippen molar-refractivity contribution < 1.29 is 27.5 Å². The number of ether oxygens (including phenoxy) is 1. The lowest BCUT2D eigenvalue weighted by Gasteiger charge is -2.14. The summed E-state index contributed by atoms with van der Waals surface area (Å²) in [5.74, 6) is -1.22. The topological polar surface area (TPSA) is 99.2 Å². The van der Waals surface area contributed by atoms with Crippen molar-refractivity contribution in [3.8, 4) is 0 Å². The third-order valence-electron chi connectivity index (χ3n) is 5.14. The van der Waals surface area contributed by atoms with Gasteiger partial charge >= 0.3 is 6.18 Å². The van der Waals surface area contributed by atoms with E-state index >= 15 is 0 Å². The molecule has 2 aromatic heterocycles. The second kappa shape index (κ2) is 7.45. The Bertz CT molecular complexity index is 980. The molecule has 0 radical (unpaired) electrons. The minimum absolute atomic E-state index is 0.179. The van der Waals surface area contributed by atoms with E-state index in [2.05, 4.69) is 10.4 Å². The molecule has 2 amide bonds. The Morgan fingerprint density at radius 2 is 1.97 bits per heavy atom. The molecule has 0 fully saturated rings. The molecule has 0 spiro atoms. The Morgan fingerprint density at radius 1 is 1.21 bits per heavy atom. The van der Waals surface area contributed by atoms with Crippen LogP contribution in [0.2, 0.25) is 0 Å². The first kappa shape index (κ1) is 19.9. The van der Waals surface area contributed by atoms with Crippen molar-refractivity contribution in [2.45, 2.75) is 51.4 Å². The minimum Gasteiger partial charge on any atom is -0.376 e. The van der Waals surface area contributed by atoms with Gasteiger partial charge in [-0.05, 0) is 37.7 Å². The summed E-state index contributed by atoms with van der Waals surface area (Å²) >= 11 is 1.20. The smallest absolute Gasteiger partial charge is 0.376 e. The lowest BCUT2D eigenvalue weighted by atomic mass is 9.95. The number of rotatable bonds is 4. The average Bonchev–Trinajstić information content (AvgIpc) is 3.20. The number of anilines is 1. The zero-order valence-corrected chi connectivity index (χ0v) is 16.2. The van der Waals surface area contributed by atoms with E-state index in [9.17, 15) is 22.8 Å². The number of thiophene rings is 1. The number of aromatic nitrogens is 2. The van der Waals surface area contributed by atoms with Crippen LogP contribution >= 0.6 is 11.3 Å². The molecule has 0 atom stereocenters. The van der Waals surface area contributed by atoms with E-state index in [1.807, 2.05) is 0 Å². The van der Waals surface area contributed by atoms with Crippen molar-refractivity contribution in [3.63, 3.8) is 0 Å². The molecule has 0 unspecified atom stereocenters. The largest absolute Gasteiger partial charge is 0.435 e. The van der Waals surface area contributed by atoms with Crippen LogP contribution in [0.4, 0.5) is 18.2 Å². The molecular weight excluding hydrogens is 409 g/mol. The van der Waals surface area contributed by atoms with E-state index in [-0.39, 0.29) is 17.7 Å². The quantitative estimate of drug-likeness (QED) is 0.782. The average molecular weight is 428 g/mol. The van der Waals surface area contributed by atoms with Gasteiger partial charge < -0.3 is 15.8 Å². The van der Waals surface area contributed by atoms with E-state index < -0.39 is 23.7 Å². The van der Waals surface area contributed by atoms with Gasteiger partial charge in [-0.2, -0.15) is 18.3 Å². The van der Waals surface area contributed by atoms with Crippen molar-refractivity contribution in [3.05, 3.63) is 33.0 Å². The van der Waals surface area contributed by atoms with Crippen LogP contribution in [0, 0.1) is 0 Å². The summed E-state index contributed by atoms with van der Waals surface area (Å²) in [7, 11) is 0. The van der Waals surface area contributed by atoms with Crippen LogP contribution in [0.25, 0.3) is 0 Å². The number of nitrogens with one attached hydrogen (secondary N) is 1. The van der Waals surface area contributed by atoms with E-state index in [0.29, 0.717) is 49.6 Å². The normalized spacial score (nSPS) is 16.2. The van der Waals surface area contributed by atoms with Crippen molar-refractivity contribution >= 4 is 28.2 Å². The summed E-state index contributed by atoms with van der Waals surface area (Å²) in [4.78, 5) is 25.3. The lowest BCUT2D eigenvalue weighted by Crippen LogP contribution is -2.23. The summed E-state index contributed by atoms with van der Waals surface area (Å²) in [6.45, 7) is 0.421. The number of nitrogens with two attached hydrogens (primary N) is 1. The SMILES string of the molecule is NC(=O)c1c(NC(=O)Cn2nc(C(F)(F)F)c3c2CCCC3)sc2c1CCOC2. The molecule has 156 valence electrons.